The Morgan fingerprint density at radius 2 is 2.45 bits per heavy atom. The Kier molecular flexibility index (Phi) is 3.25. The van der Waals surface area contributed by atoms with Crippen LogP contribution in [-0.4, -0.2) is 15.9 Å². The molecule has 0 aliphatic rings. The molecule has 11 heavy (non-hydrogen) atoms. The molecule has 0 spiro atoms. The van der Waals surface area contributed by atoms with Crippen LogP contribution in [-0.2, 0) is 3.07 Å². The molecular formula is C6H8FIN2O. The number of halogens is 2. The van der Waals surface area contributed by atoms with Crippen LogP contribution in [0.5, 0.6) is 0 Å². The number of alkyl halides is 1. The van der Waals surface area contributed by atoms with Crippen LogP contribution in [0.25, 0.3) is 0 Å². The van der Waals surface area contributed by atoms with Crippen LogP contribution < -0.4 is 0 Å². The number of imidazole rings is 1. The van der Waals surface area contributed by atoms with E-state index >= 15 is 0 Å². The Morgan fingerprint density at radius 3 is 2.91 bits per heavy atom. The normalized spacial score (nSPS) is 16.3. The minimum Gasteiger partial charge on any atom is -0.329 e. The SMILES string of the molecule is CC(C(F)OI)n1ccnc1. The van der Waals surface area contributed by atoms with Gasteiger partial charge in [0.15, 0.2) is 0 Å². The molecule has 2 unspecified atom stereocenters. The van der Waals surface area contributed by atoms with Gasteiger partial charge in [-0.05, 0) is 6.92 Å². The predicted octanol–water partition coefficient (Wildman–Crippen LogP) is 2.11. The summed E-state index contributed by atoms with van der Waals surface area (Å²) in [6.45, 7) is 1.73. The van der Waals surface area contributed by atoms with Crippen molar-refractivity contribution in [3.8, 4) is 0 Å². The lowest BCUT2D eigenvalue weighted by Crippen LogP contribution is -2.16. The topological polar surface area (TPSA) is 27.1 Å². The molecule has 0 amide bonds. The molecule has 62 valence electrons. The van der Waals surface area contributed by atoms with Crippen molar-refractivity contribution >= 4 is 23.0 Å². The summed E-state index contributed by atoms with van der Waals surface area (Å²) in [4.78, 5) is 3.80. The van der Waals surface area contributed by atoms with E-state index < -0.39 is 6.36 Å². The van der Waals surface area contributed by atoms with E-state index in [0.717, 1.165) is 0 Å². The lowest BCUT2D eigenvalue weighted by Gasteiger charge is -2.14. The molecule has 0 saturated carbocycles. The molecule has 0 aliphatic carbocycles. The lowest BCUT2D eigenvalue weighted by molar-refractivity contribution is 0.0647. The van der Waals surface area contributed by atoms with Crippen LogP contribution in [0, 0.1) is 0 Å². The van der Waals surface area contributed by atoms with Gasteiger partial charge >= 0.3 is 0 Å². The largest absolute Gasteiger partial charge is 0.329 e. The molecule has 1 aromatic heterocycles. The van der Waals surface area contributed by atoms with E-state index in [4.69, 9.17) is 0 Å². The van der Waals surface area contributed by atoms with Gasteiger partial charge in [0.05, 0.1) is 12.4 Å². The maximum atomic E-state index is 12.8. The van der Waals surface area contributed by atoms with Crippen LogP contribution in [0.4, 0.5) is 4.39 Å². The van der Waals surface area contributed by atoms with Gasteiger partial charge < -0.3 is 4.57 Å². The minimum absolute atomic E-state index is 0.325. The molecule has 1 heterocycles. The van der Waals surface area contributed by atoms with Gasteiger partial charge in [0.2, 0.25) is 6.36 Å². The molecule has 0 fully saturated rings. The third-order valence-electron chi connectivity index (χ3n) is 1.46. The average molecular weight is 270 g/mol. The zero-order valence-corrected chi connectivity index (χ0v) is 8.10. The van der Waals surface area contributed by atoms with Crippen LogP contribution in [0.1, 0.15) is 13.0 Å². The van der Waals surface area contributed by atoms with E-state index in [2.05, 4.69) is 8.05 Å². The van der Waals surface area contributed by atoms with E-state index in [9.17, 15) is 4.39 Å². The number of hydrogen-bond acceptors (Lipinski definition) is 2. The summed E-state index contributed by atoms with van der Waals surface area (Å²) < 4.78 is 19.0. The first-order valence-electron chi connectivity index (χ1n) is 3.14. The molecule has 1 rings (SSSR count). The standard InChI is InChI=1S/C6H8FIN2O/c1-5(6(7)11-8)10-3-2-9-4-10/h2-6H,1H3. The molecule has 0 aliphatic heterocycles. The van der Waals surface area contributed by atoms with Crippen molar-refractivity contribution in [2.45, 2.75) is 19.3 Å². The van der Waals surface area contributed by atoms with Gasteiger partial charge in [-0.25, -0.2) is 9.37 Å². The lowest BCUT2D eigenvalue weighted by atomic mass is 10.3. The second-order valence-electron chi connectivity index (χ2n) is 2.19. The molecule has 2 atom stereocenters. The predicted molar refractivity (Wildman–Crippen MR) is 46.9 cm³/mol. The Labute approximate surface area is 78.3 Å². The van der Waals surface area contributed by atoms with Crippen molar-refractivity contribution in [1.29, 1.82) is 0 Å². The molecule has 5 heteroatoms. The maximum Gasteiger partial charge on any atom is 0.229 e. The quantitative estimate of drug-likeness (QED) is 0.786. The monoisotopic (exact) mass is 270 g/mol. The fourth-order valence-corrected chi connectivity index (χ4v) is 1.15. The zero-order valence-electron chi connectivity index (χ0n) is 5.95. The maximum absolute atomic E-state index is 12.8. The van der Waals surface area contributed by atoms with Gasteiger partial charge in [0.1, 0.15) is 23.0 Å². The van der Waals surface area contributed by atoms with Crippen LogP contribution in [0.15, 0.2) is 18.7 Å². The highest BCUT2D eigenvalue weighted by atomic mass is 127. The summed E-state index contributed by atoms with van der Waals surface area (Å²) in [6.07, 6.45) is 3.58. The van der Waals surface area contributed by atoms with Crippen molar-refractivity contribution < 1.29 is 7.46 Å². The van der Waals surface area contributed by atoms with Crippen molar-refractivity contribution in [2.24, 2.45) is 0 Å². The van der Waals surface area contributed by atoms with E-state index in [1.165, 1.54) is 0 Å². The summed E-state index contributed by atoms with van der Waals surface area (Å²) >= 11 is 1.54. The molecular weight excluding hydrogens is 262 g/mol. The molecule has 3 nitrogen and oxygen atoms in total. The summed E-state index contributed by atoms with van der Waals surface area (Å²) in [6, 6.07) is -0.325. The molecule has 0 bridgehead atoms. The number of nitrogens with zero attached hydrogens (tertiary/aromatic N) is 2. The van der Waals surface area contributed by atoms with Gasteiger partial charge in [-0.15, -0.1) is 0 Å². The number of rotatable bonds is 3. The fourth-order valence-electron chi connectivity index (χ4n) is 0.720. The highest BCUT2D eigenvalue weighted by molar-refractivity contribution is 14.1. The van der Waals surface area contributed by atoms with Gasteiger partial charge in [0, 0.05) is 12.4 Å². The fraction of sp³-hybridized carbons (Fsp3) is 0.500. The number of hydrogen-bond donors (Lipinski definition) is 0. The Morgan fingerprint density at radius 1 is 1.73 bits per heavy atom. The van der Waals surface area contributed by atoms with Gasteiger partial charge in [0.25, 0.3) is 0 Å². The Bertz CT molecular complexity index is 204. The zero-order chi connectivity index (χ0) is 8.27. The third-order valence-corrected chi connectivity index (χ3v) is 1.95. The second-order valence-corrected chi connectivity index (χ2v) is 2.70. The van der Waals surface area contributed by atoms with Crippen molar-refractivity contribution in [2.75, 3.05) is 0 Å². The van der Waals surface area contributed by atoms with E-state index in [1.54, 1.807) is 53.2 Å². The van der Waals surface area contributed by atoms with Crippen LogP contribution in [0.3, 0.4) is 0 Å². The van der Waals surface area contributed by atoms with Gasteiger partial charge in [-0.1, -0.05) is 0 Å². The second kappa shape index (κ2) is 4.01. The van der Waals surface area contributed by atoms with Crippen molar-refractivity contribution in [3.63, 3.8) is 0 Å². The van der Waals surface area contributed by atoms with E-state index in [-0.39, 0.29) is 6.04 Å². The highest BCUT2D eigenvalue weighted by Gasteiger charge is 2.16. The van der Waals surface area contributed by atoms with E-state index in [0.29, 0.717) is 0 Å². The molecule has 0 saturated heterocycles. The molecule has 0 aromatic carbocycles. The van der Waals surface area contributed by atoms with Crippen LogP contribution in [0.2, 0.25) is 0 Å². The first-order valence-corrected chi connectivity index (χ1v) is 4.02. The van der Waals surface area contributed by atoms with Crippen LogP contribution >= 0.6 is 23.0 Å². The molecule has 1 aromatic rings. The van der Waals surface area contributed by atoms with E-state index in [1.807, 2.05) is 0 Å². The number of aromatic nitrogens is 2. The summed E-state index contributed by atoms with van der Waals surface area (Å²) in [5, 5.41) is 0. The summed E-state index contributed by atoms with van der Waals surface area (Å²) in [5.41, 5.74) is 0. The summed E-state index contributed by atoms with van der Waals surface area (Å²) in [7, 11) is 0. The Balaban J connectivity index is 2.62. The molecule has 0 radical (unpaired) electrons. The van der Waals surface area contributed by atoms with Gasteiger partial charge in [-0.3, -0.25) is 3.07 Å². The Hall–Kier alpha value is -0.170. The highest BCUT2D eigenvalue weighted by Crippen LogP contribution is 2.16. The molecule has 0 N–H and O–H groups in total. The summed E-state index contributed by atoms with van der Waals surface area (Å²) in [5.74, 6) is 0. The minimum atomic E-state index is -1.29. The third kappa shape index (κ3) is 2.13. The van der Waals surface area contributed by atoms with Gasteiger partial charge in [-0.2, -0.15) is 0 Å². The first-order chi connectivity index (χ1) is 5.25. The van der Waals surface area contributed by atoms with Crippen molar-refractivity contribution in [3.05, 3.63) is 18.7 Å². The smallest absolute Gasteiger partial charge is 0.229 e. The first kappa shape index (κ1) is 8.92. The average Bonchev–Trinajstić information content (AvgIpc) is 2.53. The van der Waals surface area contributed by atoms with Crippen molar-refractivity contribution in [1.82, 2.24) is 9.55 Å².